The number of aromatic nitrogens is 5. The molecule has 0 N–H and O–H groups in total. The second-order valence-electron chi connectivity index (χ2n) is 8.41. The van der Waals surface area contributed by atoms with E-state index in [0.717, 1.165) is 38.9 Å². The lowest BCUT2D eigenvalue weighted by Gasteiger charge is -2.30. The van der Waals surface area contributed by atoms with Crippen LogP contribution in [0.1, 0.15) is 42.7 Å². The molecule has 5 rings (SSSR count). The smallest absolute Gasteiger partial charge is 0.451 e. The standard InChI is InChI=1S/C21H24F3N7O2S/c1-3-5-12-10-13-16(29-8-9-31-15(11-29)27-28-19(31)21(22,23)24)25-20(26-17(13)34-12)30-7-4-6-14(30)18(32)33-2/h10,14H,3-9,11H2,1-2H3. The molecule has 0 amide bonds. The molecule has 5 heterocycles. The molecular weight excluding hydrogens is 471 g/mol. The normalized spacial score (nSPS) is 18.6. The highest BCUT2D eigenvalue weighted by Crippen LogP contribution is 2.37. The van der Waals surface area contributed by atoms with Crippen LogP contribution in [-0.4, -0.2) is 56.9 Å². The lowest BCUT2D eigenvalue weighted by Crippen LogP contribution is -2.39. The zero-order valence-corrected chi connectivity index (χ0v) is 19.6. The van der Waals surface area contributed by atoms with Gasteiger partial charge in [0.15, 0.2) is 5.82 Å². The number of hydrogen-bond acceptors (Lipinski definition) is 9. The summed E-state index contributed by atoms with van der Waals surface area (Å²) in [6.45, 7) is 3.29. The van der Waals surface area contributed by atoms with Crippen molar-refractivity contribution >= 4 is 39.3 Å². The minimum Gasteiger partial charge on any atom is -0.467 e. The van der Waals surface area contributed by atoms with E-state index < -0.39 is 18.0 Å². The van der Waals surface area contributed by atoms with Gasteiger partial charge in [-0.25, -0.2) is 9.78 Å². The summed E-state index contributed by atoms with van der Waals surface area (Å²) in [5, 5.41) is 8.03. The van der Waals surface area contributed by atoms with Crippen molar-refractivity contribution in [2.45, 2.75) is 57.9 Å². The first-order valence-corrected chi connectivity index (χ1v) is 12.0. The molecule has 2 aliphatic heterocycles. The summed E-state index contributed by atoms with van der Waals surface area (Å²) in [5.74, 6) is 0.00512. The van der Waals surface area contributed by atoms with Gasteiger partial charge in [0.25, 0.3) is 0 Å². The minimum absolute atomic E-state index is 0.0957. The van der Waals surface area contributed by atoms with Crippen LogP contribution in [0.15, 0.2) is 6.07 Å². The largest absolute Gasteiger partial charge is 0.467 e. The SMILES string of the molecule is CCCc1cc2c(N3CCn4c(nnc4C(F)(F)F)C3)nc(N3CCCC3C(=O)OC)nc2s1. The van der Waals surface area contributed by atoms with Crippen LogP contribution in [0.3, 0.4) is 0 Å². The van der Waals surface area contributed by atoms with Gasteiger partial charge in [0.2, 0.25) is 11.8 Å². The quantitative estimate of drug-likeness (QED) is 0.498. The van der Waals surface area contributed by atoms with E-state index in [-0.39, 0.29) is 24.9 Å². The summed E-state index contributed by atoms with van der Waals surface area (Å²) < 4.78 is 45.9. The number of methoxy groups -OCH3 is 1. The Kier molecular flexibility index (Phi) is 5.82. The second kappa shape index (κ2) is 8.67. The molecule has 2 aliphatic rings. The van der Waals surface area contributed by atoms with E-state index in [1.807, 2.05) is 9.80 Å². The number of carbonyl (C=O) groups excluding carboxylic acids is 1. The van der Waals surface area contributed by atoms with E-state index in [1.54, 1.807) is 11.3 Å². The number of fused-ring (bicyclic) bond motifs is 2. The molecule has 13 heteroatoms. The first-order valence-electron chi connectivity index (χ1n) is 11.2. The Morgan fingerprint density at radius 2 is 2.06 bits per heavy atom. The fraction of sp³-hybridized carbons (Fsp3) is 0.571. The molecule has 0 spiro atoms. The highest BCUT2D eigenvalue weighted by atomic mass is 32.1. The Morgan fingerprint density at radius 3 is 2.79 bits per heavy atom. The molecule has 0 bridgehead atoms. The molecule has 9 nitrogen and oxygen atoms in total. The van der Waals surface area contributed by atoms with Gasteiger partial charge in [0, 0.05) is 24.5 Å². The monoisotopic (exact) mass is 495 g/mol. The molecular formula is C21H24F3N7O2S. The van der Waals surface area contributed by atoms with Crippen LogP contribution in [0.25, 0.3) is 10.2 Å². The van der Waals surface area contributed by atoms with Gasteiger partial charge in [-0.15, -0.1) is 21.5 Å². The lowest BCUT2D eigenvalue weighted by molar-refractivity contribution is -0.147. The summed E-state index contributed by atoms with van der Waals surface area (Å²) in [6.07, 6.45) is -1.21. The third kappa shape index (κ3) is 3.95. The number of hydrogen-bond donors (Lipinski definition) is 0. The molecule has 0 saturated carbocycles. The molecule has 0 radical (unpaired) electrons. The molecule has 3 aromatic heterocycles. The Labute approximate surface area is 197 Å². The summed E-state index contributed by atoms with van der Waals surface area (Å²) in [4.78, 5) is 27.7. The summed E-state index contributed by atoms with van der Waals surface area (Å²) in [6, 6.07) is 1.61. The maximum Gasteiger partial charge on any atom is 0.451 e. The van der Waals surface area contributed by atoms with Gasteiger partial charge in [0.1, 0.15) is 16.7 Å². The van der Waals surface area contributed by atoms with Crippen molar-refractivity contribution in [3.05, 3.63) is 22.6 Å². The third-order valence-electron chi connectivity index (χ3n) is 6.20. The molecule has 182 valence electrons. The van der Waals surface area contributed by atoms with Crippen molar-refractivity contribution in [2.75, 3.05) is 30.0 Å². The second-order valence-corrected chi connectivity index (χ2v) is 9.53. The number of rotatable bonds is 5. The summed E-state index contributed by atoms with van der Waals surface area (Å²) in [5.41, 5.74) is 0. The maximum absolute atomic E-state index is 13.3. The van der Waals surface area contributed by atoms with Crippen molar-refractivity contribution in [2.24, 2.45) is 0 Å². The van der Waals surface area contributed by atoms with Crippen molar-refractivity contribution in [3.63, 3.8) is 0 Å². The summed E-state index contributed by atoms with van der Waals surface area (Å²) in [7, 11) is 1.36. The maximum atomic E-state index is 13.3. The minimum atomic E-state index is -4.55. The first-order chi connectivity index (χ1) is 16.3. The van der Waals surface area contributed by atoms with Crippen LogP contribution in [0.2, 0.25) is 0 Å². The molecule has 3 aromatic rings. The topological polar surface area (TPSA) is 89.3 Å². The average molecular weight is 496 g/mol. The van der Waals surface area contributed by atoms with Crippen molar-refractivity contribution in [1.82, 2.24) is 24.7 Å². The van der Waals surface area contributed by atoms with Crippen molar-refractivity contribution in [1.29, 1.82) is 0 Å². The number of thiophene rings is 1. The predicted octanol–water partition coefficient (Wildman–Crippen LogP) is 3.42. The first kappa shape index (κ1) is 22.8. The lowest BCUT2D eigenvalue weighted by atomic mass is 10.2. The Bertz CT molecular complexity index is 1230. The number of anilines is 2. The van der Waals surface area contributed by atoms with E-state index in [1.165, 1.54) is 7.11 Å². The van der Waals surface area contributed by atoms with Crippen molar-refractivity contribution in [3.8, 4) is 0 Å². The highest BCUT2D eigenvalue weighted by molar-refractivity contribution is 7.18. The van der Waals surface area contributed by atoms with Crippen LogP contribution in [0, 0.1) is 0 Å². The number of aryl methyl sites for hydroxylation is 1. The van der Waals surface area contributed by atoms with Crippen LogP contribution < -0.4 is 9.80 Å². The van der Waals surface area contributed by atoms with E-state index in [9.17, 15) is 18.0 Å². The Balaban J connectivity index is 1.56. The zero-order chi connectivity index (χ0) is 24.0. The molecule has 1 saturated heterocycles. The molecule has 0 aromatic carbocycles. The zero-order valence-electron chi connectivity index (χ0n) is 18.8. The highest BCUT2D eigenvalue weighted by Gasteiger charge is 2.40. The number of alkyl halides is 3. The molecule has 1 unspecified atom stereocenters. The van der Waals surface area contributed by atoms with Crippen LogP contribution in [0.4, 0.5) is 24.9 Å². The predicted molar refractivity (Wildman–Crippen MR) is 120 cm³/mol. The summed E-state index contributed by atoms with van der Waals surface area (Å²) >= 11 is 1.58. The molecule has 34 heavy (non-hydrogen) atoms. The van der Waals surface area contributed by atoms with Gasteiger partial charge in [-0.05, 0) is 25.3 Å². The van der Waals surface area contributed by atoms with Crippen molar-refractivity contribution < 1.29 is 22.7 Å². The number of nitrogens with zero attached hydrogens (tertiary/aromatic N) is 7. The number of carbonyl (C=O) groups is 1. The van der Waals surface area contributed by atoms with E-state index >= 15 is 0 Å². The molecule has 1 fully saturated rings. The van der Waals surface area contributed by atoms with Crippen LogP contribution >= 0.6 is 11.3 Å². The van der Waals surface area contributed by atoms with Crippen LogP contribution in [-0.2, 0) is 35.2 Å². The number of halogens is 3. The van der Waals surface area contributed by atoms with Gasteiger partial charge in [-0.3, -0.25) is 0 Å². The van der Waals surface area contributed by atoms with E-state index in [4.69, 9.17) is 14.7 Å². The van der Waals surface area contributed by atoms with Gasteiger partial charge >= 0.3 is 12.1 Å². The van der Waals surface area contributed by atoms with Crippen LogP contribution in [0.5, 0.6) is 0 Å². The Morgan fingerprint density at radius 1 is 1.24 bits per heavy atom. The fourth-order valence-electron chi connectivity index (χ4n) is 4.62. The Hall–Kier alpha value is -2.96. The van der Waals surface area contributed by atoms with E-state index in [0.29, 0.717) is 31.3 Å². The third-order valence-corrected chi connectivity index (χ3v) is 7.29. The molecule has 0 aliphatic carbocycles. The van der Waals surface area contributed by atoms with Gasteiger partial charge in [0.05, 0.1) is 19.0 Å². The van der Waals surface area contributed by atoms with Gasteiger partial charge < -0.3 is 19.1 Å². The van der Waals surface area contributed by atoms with E-state index in [2.05, 4.69) is 23.2 Å². The fourth-order valence-corrected chi connectivity index (χ4v) is 5.74. The average Bonchev–Trinajstić information content (AvgIpc) is 3.54. The number of esters is 1. The van der Waals surface area contributed by atoms with Gasteiger partial charge in [-0.1, -0.05) is 13.3 Å². The van der Waals surface area contributed by atoms with Gasteiger partial charge in [-0.2, -0.15) is 18.2 Å². The number of ether oxygens (including phenoxy) is 1. The molecule has 1 atom stereocenters.